The van der Waals surface area contributed by atoms with Crippen LogP contribution in [0.1, 0.15) is 49.8 Å². The summed E-state index contributed by atoms with van der Waals surface area (Å²) in [7, 11) is -2.16. The Labute approximate surface area is 240 Å². The summed E-state index contributed by atoms with van der Waals surface area (Å²) in [5.74, 6) is 4.53. The Morgan fingerprint density at radius 1 is 0.902 bits per heavy atom. The van der Waals surface area contributed by atoms with Gasteiger partial charge in [0.2, 0.25) is 15.9 Å². The minimum absolute atomic E-state index is 0.0875. The third-order valence-electron chi connectivity index (χ3n) is 9.48. The van der Waals surface area contributed by atoms with Gasteiger partial charge in [0.25, 0.3) is 0 Å². The van der Waals surface area contributed by atoms with Gasteiger partial charge in [-0.15, -0.1) is 0 Å². The maximum absolute atomic E-state index is 13.6. The molecule has 8 rings (SSSR count). The number of hydrogen-bond donors (Lipinski definition) is 1. The second-order valence-electron chi connectivity index (χ2n) is 12.1. The minimum Gasteiger partial charge on any atom is -0.497 e. The number of carbonyl (C=O) groups excluding carboxylic acids is 1. The predicted octanol–water partition coefficient (Wildman–Crippen LogP) is 5.18. The average molecular weight is 575 g/mol. The summed E-state index contributed by atoms with van der Waals surface area (Å²) in [6, 6.07) is 13.6. The van der Waals surface area contributed by atoms with Crippen LogP contribution < -0.4 is 14.8 Å². The molecule has 1 aromatic heterocycles. The number of sulfonamides is 1. The Kier molecular flexibility index (Phi) is 6.50. The molecule has 0 atom stereocenters. The molecule has 3 aromatic rings. The Hall–Kier alpha value is -3.50. The standard InChI is InChI=1S/C31H34N4O5S/c1-39-23-2-4-24(5-3-23)40-25-6-8-26(9-7-25)41(37,38)35-11-10-27-28(18-35)32-19-33-29(27)34-30(36)31-15-20-12-21(16-31)14-22(13-20)17-31/h2-9,19-22H,10-18H2,1H3,(H,32,33,34,36). The first-order valence-corrected chi connectivity index (χ1v) is 15.8. The quantitative estimate of drug-likeness (QED) is 0.414. The van der Waals surface area contributed by atoms with Crippen LogP contribution in [0.5, 0.6) is 17.2 Å². The van der Waals surface area contributed by atoms with Gasteiger partial charge in [0.1, 0.15) is 29.4 Å². The van der Waals surface area contributed by atoms with E-state index in [2.05, 4.69) is 15.3 Å². The molecule has 0 radical (unpaired) electrons. The van der Waals surface area contributed by atoms with Crippen molar-refractivity contribution in [3.63, 3.8) is 0 Å². The summed E-state index contributed by atoms with van der Waals surface area (Å²) >= 11 is 0. The van der Waals surface area contributed by atoms with Gasteiger partial charge in [0.05, 0.1) is 29.7 Å². The van der Waals surface area contributed by atoms with Crippen molar-refractivity contribution in [3.8, 4) is 17.2 Å². The number of ether oxygens (including phenoxy) is 2. The molecule has 0 saturated heterocycles. The molecule has 10 heteroatoms. The van der Waals surface area contributed by atoms with Crippen LogP contribution in [0.15, 0.2) is 59.8 Å². The summed E-state index contributed by atoms with van der Waals surface area (Å²) in [4.78, 5) is 22.7. The third kappa shape index (κ3) is 4.86. The maximum Gasteiger partial charge on any atom is 0.243 e. The van der Waals surface area contributed by atoms with Crippen molar-refractivity contribution in [2.24, 2.45) is 23.2 Å². The number of hydrogen-bond acceptors (Lipinski definition) is 7. The van der Waals surface area contributed by atoms with E-state index in [1.165, 1.54) is 29.9 Å². The van der Waals surface area contributed by atoms with E-state index in [1.54, 1.807) is 55.6 Å². The molecule has 41 heavy (non-hydrogen) atoms. The zero-order chi connectivity index (χ0) is 28.2. The fourth-order valence-electron chi connectivity index (χ4n) is 7.88. The number of carbonyl (C=O) groups is 1. The molecule has 4 bridgehead atoms. The monoisotopic (exact) mass is 574 g/mol. The topological polar surface area (TPSA) is 111 Å². The fraction of sp³-hybridized carbons (Fsp3) is 0.452. The number of methoxy groups -OCH3 is 1. The Balaban J connectivity index is 1.04. The summed E-state index contributed by atoms with van der Waals surface area (Å²) in [6.07, 6.45) is 8.63. The van der Waals surface area contributed by atoms with Crippen molar-refractivity contribution < 1.29 is 22.7 Å². The number of benzene rings is 2. The van der Waals surface area contributed by atoms with Crippen LogP contribution >= 0.6 is 0 Å². The van der Waals surface area contributed by atoms with Gasteiger partial charge >= 0.3 is 0 Å². The zero-order valence-corrected chi connectivity index (χ0v) is 23.9. The van der Waals surface area contributed by atoms with E-state index >= 15 is 0 Å². The summed E-state index contributed by atoms with van der Waals surface area (Å²) in [6.45, 7) is 0.414. The first-order chi connectivity index (χ1) is 19.8. The van der Waals surface area contributed by atoms with E-state index in [9.17, 15) is 13.2 Å². The molecule has 0 spiro atoms. The molecular weight excluding hydrogens is 540 g/mol. The highest BCUT2D eigenvalue weighted by molar-refractivity contribution is 7.89. The molecule has 4 saturated carbocycles. The number of rotatable bonds is 7. The predicted molar refractivity (Wildman–Crippen MR) is 152 cm³/mol. The molecule has 0 unspecified atom stereocenters. The molecule has 1 N–H and O–H groups in total. The second-order valence-corrected chi connectivity index (χ2v) is 14.1. The van der Waals surface area contributed by atoms with Crippen molar-refractivity contribution in [2.45, 2.75) is 56.4 Å². The number of anilines is 1. The van der Waals surface area contributed by atoms with Crippen LogP contribution in [0.3, 0.4) is 0 Å². The van der Waals surface area contributed by atoms with Crippen LogP contribution in [0.4, 0.5) is 5.82 Å². The highest BCUT2D eigenvalue weighted by atomic mass is 32.2. The van der Waals surface area contributed by atoms with Crippen molar-refractivity contribution in [3.05, 3.63) is 66.1 Å². The summed E-state index contributed by atoms with van der Waals surface area (Å²) in [5.41, 5.74) is 1.19. The van der Waals surface area contributed by atoms with E-state index in [1.807, 2.05) is 0 Å². The minimum atomic E-state index is -3.76. The Morgan fingerprint density at radius 2 is 1.49 bits per heavy atom. The van der Waals surface area contributed by atoms with Crippen molar-refractivity contribution >= 4 is 21.7 Å². The maximum atomic E-state index is 13.6. The van der Waals surface area contributed by atoms with Crippen LogP contribution in [-0.4, -0.2) is 42.3 Å². The lowest BCUT2D eigenvalue weighted by molar-refractivity contribution is -0.140. The van der Waals surface area contributed by atoms with E-state index in [-0.39, 0.29) is 29.3 Å². The smallest absolute Gasteiger partial charge is 0.243 e. The average Bonchev–Trinajstić information content (AvgIpc) is 2.97. The molecule has 4 aliphatic carbocycles. The Morgan fingerprint density at radius 3 is 2.10 bits per heavy atom. The number of aromatic nitrogens is 2. The second kappa shape index (κ2) is 10.1. The number of fused-ring (bicyclic) bond motifs is 1. The van der Waals surface area contributed by atoms with Crippen molar-refractivity contribution in [1.29, 1.82) is 0 Å². The normalized spacial score (nSPS) is 26.8. The van der Waals surface area contributed by atoms with Crippen LogP contribution in [0.25, 0.3) is 0 Å². The highest BCUT2D eigenvalue weighted by Gasteiger charge is 2.54. The lowest BCUT2D eigenvalue weighted by Crippen LogP contribution is -2.52. The van der Waals surface area contributed by atoms with E-state index in [0.29, 0.717) is 47.2 Å². The molecule has 2 heterocycles. The molecule has 4 fully saturated rings. The number of nitrogens with one attached hydrogen (secondary N) is 1. The van der Waals surface area contributed by atoms with Crippen LogP contribution in [-0.2, 0) is 27.8 Å². The SMILES string of the molecule is COc1ccc(Oc2ccc(S(=O)(=O)N3CCc4c(ncnc4NC(=O)C45CC6CC(CC(C6)C4)C5)C3)cc2)cc1. The first kappa shape index (κ1) is 26.4. The van der Waals surface area contributed by atoms with Gasteiger partial charge in [-0.2, -0.15) is 4.31 Å². The van der Waals surface area contributed by atoms with Crippen molar-refractivity contribution in [1.82, 2.24) is 14.3 Å². The highest BCUT2D eigenvalue weighted by Crippen LogP contribution is 2.60. The molecule has 214 valence electrons. The summed E-state index contributed by atoms with van der Waals surface area (Å²) in [5, 5.41) is 3.17. The lowest BCUT2D eigenvalue weighted by Gasteiger charge is -2.55. The van der Waals surface area contributed by atoms with Gasteiger partial charge in [-0.25, -0.2) is 18.4 Å². The molecule has 1 aliphatic heterocycles. The van der Waals surface area contributed by atoms with Gasteiger partial charge in [0.15, 0.2) is 0 Å². The van der Waals surface area contributed by atoms with E-state index in [0.717, 1.165) is 30.6 Å². The molecule has 1 amide bonds. The Bertz CT molecular complexity index is 1540. The lowest BCUT2D eigenvalue weighted by atomic mass is 9.49. The van der Waals surface area contributed by atoms with Crippen molar-refractivity contribution in [2.75, 3.05) is 19.0 Å². The largest absolute Gasteiger partial charge is 0.497 e. The van der Waals surface area contributed by atoms with Gasteiger partial charge in [-0.05, 0) is 111 Å². The molecule has 9 nitrogen and oxygen atoms in total. The fourth-order valence-corrected chi connectivity index (χ4v) is 9.28. The van der Waals surface area contributed by atoms with E-state index < -0.39 is 10.0 Å². The van der Waals surface area contributed by atoms with Gasteiger partial charge in [-0.3, -0.25) is 4.79 Å². The van der Waals surface area contributed by atoms with Crippen LogP contribution in [0, 0.1) is 23.2 Å². The molecule has 2 aromatic carbocycles. The molecular formula is C31H34N4O5S. The third-order valence-corrected chi connectivity index (χ3v) is 11.3. The number of amides is 1. The van der Waals surface area contributed by atoms with Gasteiger partial charge < -0.3 is 14.8 Å². The zero-order valence-electron chi connectivity index (χ0n) is 23.1. The van der Waals surface area contributed by atoms with E-state index in [4.69, 9.17) is 9.47 Å². The van der Waals surface area contributed by atoms with Gasteiger partial charge in [0, 0.05) is 12.1 Å². The summed E-state index contributed by atoms with van der Waals surface area (Å²) < 4.78 is 39.5. The molecule has 5 aliphatic rings. The van der Waals surface area contributed by atoms with Crippen LogP contribution in [0.2, 0.25) is 0 Å². The number of nitrogens with zero attached hydrogens (tertiary/aromatic N) is 3. The first-order valence-electron chi connectivity index (χ1n) is 14.4. The van der Waals surface area contributed by atoms with Gasteiger partial charge in [-0.1, -0.05) is 0 Å².